The molecule has 1 heterocycles. The summed E-state index contributed by atoms with van der Waals surface area (Å²) in [5.41, 5.74) is 6.11. The van der Waals surface area contributed by atoms with Crippen LogP contribution in [0, 0.1) is 5.53 Å². The average Bonchev–Trinajstić information content (AvgIpc) is 1.86. The van der Waals surface area contributed by atoms with Crippen LogP contribution in [-0.2, 0) is 0 Å². The van der Waals surface area contributed by atoms with Crippen molar-refractivity contribution in [3.8, 4) is 0 Å². The molecule has 0 aliphatic carbocycles. The molecule has 0 aromatic carbocycles. The molecule has 0 atom stereocenters. The zero-order valence-corrected chi connectivity index (χ0v) is 5.52. The lowest BCUT2D eigenvalue weighted by molar-refractivity contribution is -0.543. The van der Waals surface area contributed by atoms with Crippen molar-refractivity contribution in [1.82, 2.24) is 0 Å². The lowest BCUT2D eigenvalue weighted by atomic mass is 10.2. The van der Waals surface area contributed by atoms with E-state index in [1.807, 2.05) is 0 Å². The van der Waals surface area contributed by atoms with Gasteiger partial charge in [-0.2, -0.15) is 13.2 Å². The maximum Gasteiger partial charge on any atom is 0.422 e. The van der Waals surface area contributed by atoms with Gasteiger partial charge >= 0.3 is 6.18 Å². The monoisotopic (exact) mass is 163 g/mol. The minimum atomic E-state index is -4.34. The molecule has 5 heteroatoms. The highest BCUT2D eigenvalue weighted by Crippen LogP contribution is 2.27. The van der Waals surface area contributed by atoms with Gasteiger partial charge in [0.05, 0.1) is 0 Å². The Morgan fingerprint density at radius 2 is 2.09 bits per heavy atom. The summed E-state index contributed by atoms with van der Waals surface area (Å²) in [4.78, 5) is 0. The molecule has 0 saturated heterocycles. The Labute approximate surface area is 61.1 Å². The fraction of sp³-hybridized carbons (Fsp3) is 0.333. The number of rotatable bonds is 0. The molecule has 0 radical (unpaired) electrons. The van der Waals surface area contributed by atoms with Crippen LogP contribution >= 0.6 is 0 Å². The van der Waals surface area contributed by atoms with Gasteiger partial charge in [0.25, 0.3) is 0 Å². The average molecular weight is 163 g/mol. The third kappa shape index (κ3) is 1.89. The Hall–Kier alpha value is -1.13. The number of halogens is 3. The summed E-state index contributed by atoms with van der Waals surface area (Å²) in [6, 6.07) is 0. The first-order valence-electron chi connectivity index (χ1n) is 2.93. The van der Waals surface area contributed by atoms with Crippen LogP contribution in [-0.4, -0.2) is 17.4 Å². The van der Waals surface area contributed by atoms with Gasteiger partial charge < -0.3 is 0 Å². The molecule has 0 unspecified atom stereocenters. The van der Waals surface area contributed by atoms with Crippen LogP contribution in [0.15, 0.2) is 23.9 Å². The van der Waals surface area contributed by atoms with Crippen molar-refractivity contribution >= 4 is 0 Å². The highest BCUT2D eigenvalue weighted by Gasteiger charge is 2.35. The van der Waals surface area contributed by atoms with Crippen LogP contribution in [0.1, 0.15) is 0 Å². The third-order valence-electron chi connectivity index (χ3n) is 1.22. The zero-order valence-electron chi connectivity index (χ0n) is 5.52. The summed E-state index contributed by atoms with van der Waals surface area (Å²) in [6.45, 7) is 0.208. The second kappa shape index (κ2) is 2.48. The Balaban J connectivity index is 2.88. The maximum atomic E-state index is 11.9. The summed E-state index contributed by atoms with van der Waals surface area (Å²) < 4.78 is 36.4. The largest absolute Gasteiger partial charge is 0.422 e. The van der Waals surface area contributed by atoms with Crippen molar-refractivity contribution in [2.24, 2.45) is 0 Å². The van der Waals surface area contributed by atoms with Crippen LogP contribution in [0.5, 0.6) is 0 Å². The molecule has 1 aliphatic heterocycles. The highest BCUT2D eigenvalue weighted by atomic mass is 19.4. The van der Waals surface area contributed by atoms with Gasteiger partial charge in [-0.1, -0.05) is 10.2 Å². The molecule has 0 bridgehead atoms. The van der Waals surface area contributed by atoms with E-state index in [4.69, 9.17) is 5.53 Å². The first kappa shape index (κ1) is 7.97. The smallest absolute Gasteiger partial charge is 0.166 e. The Bertz CT molecular complexity index is 237. The van der Waals surface area contributed by atoms with Crippen LogP contribution < -0.4 is 0 Å². The summed E-state index contributed by atoms with van der Waals surface area (Å²) in [5.74, 6) is 0. The van der Waals surface area contributed by atoms with E-state index in [1.54, 1.807) is 0 Å². The molecule has 1 rings (SSSR count). The number of nitrogens with one attached hydrogen (secondary N) is 1. The van der Waals surface area contributed by atoms with Crippen LogP contribution in [0.25, 0.3) is 0 Å². The normalized spacial score (nSPS) is 18.5. The molecule has 0 amide bonds. The van der Waals surface area contributed by atoms with E-state index in [1.165, 1.54) is 6.08 Å². The van der Waals surface area contributed by atoms with E-state index in [9.17, 15) is 13.2 Å². The molecule has 0 saturated carbocycles. The van der Waals surface area contributed by atoms with Crippen LogP contribution in [0.2, 0.25) is 0 Å². The van der Waals surface area contributed by atoms with Crippen molar-refractivity contribution in [3.05, 3.63) is 23.9 Å². The molecule has 0 fully saturated rings. The number of nitrogens with zero attached hydrogens (tertiary/aromatic N) is 1. The van der Waals surface area contributed by atoms with E-state index in [2.05, 4.69) is 0 Å². The first-order chi connectivity index (χ1) is 5.00. The third-order valence-corrected chi connectivity index (χ3v) is 1.22. The Morgan fingerprint density at radius 1 is 1.45 bits per heavy atom. The standard InChI is InChI=1S/C6H6F3N2/c7-6(8,9)5-2-1-3-11(10)4-5/h1-2,4,10H,3H2/q+1. The van der Waals surface area contributed by atoms with Crippen LogP contribution in [0.4, 0.5) is 13.2 Å². The number of hydrogen-bond acceptors (Lipinski definition) is 1. The maximum absolute atomic E-state index is 11.9. The van der Waals surface area contributed by atoms with Gasteiger partial charge in [-0.25, -0.2) is 0 Å². The van der Waals surface area contributed by atoms with Crippen molar-refractivity contribution in [2.75, 3.05) is 6.54 Å². The fourth-order valence-electron chi connectivity index (χ4n) is 0.725. The highest BCUT2D eigenvalue weighted by molar-refractivity contribution is 5.22. The molecular formula is C6H6F3N2+. The molecule has 11 heavy (non-hydrogen) atoms. The topological polar surface area (TPSA) is 26.9 Å². The van der Waals surface area contributed by atoms with Gasteiger partial charge in [-0.05, 0) is 12.2 Å². The van der Waals surface area contributed by atoms with Crippen molar-refractivity contribution in [3.63, 3.8) is 0 Å². The van der Waals surface area contributed by atoms with Crippen molar-refractivity contribution < 1.29 is 17.9 Å². The van der Waals surface area contributed by atoms with E-state index in [0.29, 0.717) is 0 Å². The van der Waals surface area contributed by atoms with Gasteiger partial charge in [0.15, 0.2) is 6.54 Å². The lowest BCUT2D eigenvalue weighted by Crippen LogP contribution is -2.16. The van der Waals surface area contributed by atoms with E-state index >= 15 is 0 Å². The van der Waals surface area contributed by atoms with Gasteiger partial charge in [-0.3, -0.25) is 0 Å². The number of alkyl halides is 3. The molecule has 60 valence electrons. The van der Waals surface area contributed by atoms with Crippen molar-refractivity contribution in [2.45, 2.75) is 6.18 Å². The van der Waals surface area contributed by atoms with Crippen molar-refractivity contribution in [1.29, 1.82) is 5.53 Å². The zero-order chi connectivity index (χ0) is 8.48. The molecule has 1 N–H and O–H groups in total. The quantitative estimate of drug-likeness (QED) is 0.529. The first-order valence-corrected chi connectivity index (χ1v) is 2.93. The summed E-state index contributed by atoms with van der Waals surface area (Å²) >= 11 is 0. The fourth-order valence-corrected chi connectivity index (χ4v) is 0.725. The minimum Gasteiger partial charge on any atom is -0.166 e. The Morgan fingerprint density at radius 3 is 2.45 bits per heavy atom. The molecule has 0 aromatic heterocycles. The molecule has 0 spiro atoms. The van der Waals surface area contributed by atoms with E-state index in [-0.39, 0.29) is 6.54 Å². The Kier molecular flexibility index (Phi) is 1.80. The van der Waals surface area contributed by atoms with Gasteiger partial charge in [0, 0.05) is 0 Å². The van der Waals surface area contributed by atoms with Gasteiger partial charge in [0.1, 0.15) is 5.57 Å². The van der Waals surface area contributed by atoms with E-state index < -0.39 is 11.7 Å². The summed E-state index contributed by atoms with van der Waals surface area (Å²) in [7, 11) is 0. The van der Waals surface area contributed by atoms with Gasteiger partial charge in [-0.15, -0.1) is 0 Å². The second-order valence-corrected chi connectivity index (χ2v) is 2.14. The molecule has 0 aromatic rings. The van der Waals surface area contributed by atoms with Gasteiger partial charge in [0.2, 0.25) is 6.20 Å². The predicted octanol–water partition coefficient (Wildman–Crippen LogP) is 2.05. The summed E-state index contributed by atoms with van der Waals surface area (Å²) in [5, 5.41) is 0. The SMILES string of the molecule is N=[N+]1C=C(C(F)(F)F)C=CC1. The molecule has 2 nitrogen and oxygen atoms in total. The van der Waals surface area contributed by atoms with Crippen LogP contribution in [0.3, 0.4) is 0 Å². The number of hydrogen-bond donors (Lipinski definition) is 1. The predicted molar refractivity (Wildman–Crippen MR) is 31.1 cm³/mol. The second-order valence-electron chi connectivity index (χ2n) is 2.14. The van der Waals surface area contributed by atoms with E-state index in [0.717, 1.165) is 17.0 Å². The molecule has 1 aliphatic rings. The number of allylic oxidation sites excluding steroid dienone is 2. The lowest BCUT2D eigenvalue weighted by Gasteiger charge is -2.06. The summed E-state index contributed by atoms with van der Waals surface area (Å²) in [6.07, 6.45) is -1.29. The minimum absolute atomic E-state index is 0.208. The molecular weight excluding hydrogens is 157 g/mol.